The number of rotatable bonds is 5. The Bertz CT molecular complexity index is 438. The van der Waals surface area contributed by atoms with E-state index in [-0.39, 0.29) is 11.4 Å². The number of anilines is 1. The fraction of sp³-hybridized carbons (Fsp3) is 0.643. The third-order valence-electron chi connectivity index (χ3n) is 2.39. The average Bonchev–Trinajstić information content (AvgIpc) is 2.26. The predicted molar refractivity (Wildman–Crippen MR) is 77.4 cm³/mol. The van der Waals surface area contributed by atoms with Gasteiger partial charge in [0, 0.05) is 17.8 Å². The van der Waals surface area contributed by atoms with Gasteiger partial charge < -0.3 is 10.6 Å². The highest BCUT2D eigenvalue weighted by Gasteiger charge is 2.17. The summed E-state index contributed by atoms with van der Waals surface area (Å²) in [5.74, 6) is 0.351. The third kappa shape index (κ3) is 5.68. The lowest BCUT2D eigenvalue weighted by Gasteiger charge is -2.20. The highest BCUT2D eigenvalue weighted by Crippen LogP contribution is 2.07. The molecule has 0 aliphatic rings. The second-order valence-corrected chi connectivity index (χ2v) is 5.70. The summed E-state index contributed by atoms with van der Waals surface area (Å²) in [5, 5.41) is 6.04. The third-order valence-corrected chi connectivity index (χ3v) is 2.39. The van der Waals surface area contributed by atoms with E-state index in [9.17, 15) is 4.79 Å². The normalized spacial score (nSPS) is 11.2. The summed E-state index contributed by atoms with van der Waals surface area (Å²) < 4.78 is 0. The molecular formula is C14H24N4O. The van der Waals surface area contributed by atoms with Crippen molar-refractivity contribution in [3.05, 3.63) is 17.5 Å². The second kappa shape index (κ2) is 6.50. The van der Waals surface area contributed by atoms with E-state index >= 15 is 0 Å². The van der Waals surface area contributed by atoms with Gasteiger partial charge in [0.2, 0.25) is 5.95 Å². The fourth-order valence-electron chi connectivity index (χ4n) is 1.55. The van der Waals surface area contributed by atoms with E-state index in [0.717, 1.165) is 25.1 Å². The minimum Gasteiger partial charge on any atom is -0.354 e. The molecule has 0 spiro atoms. The minimum absolute atomic E-state index is 0.170. The van der Waals surface area contributed by atoms with E-state index in [1.165, 1.54) is 0 Å². The first-order valence-electron chi connectivity index (χ1n) is 6.74. The maximum absolute atomic E-state index is 12.1. The lowest BCUT2D eigenvalue weighted by molar-refractivity contribution is 0.0914. The topological polar surface area (TPSA) is 66.9 Å². The number of hydrogen-bond acceptors (Lipinski definition) is 4. The molecule has 0 saturated heterocycles. The summed E-state index contributed by atoms with van der Waals surface area (Å²) in [5.41, 5.74) is 0.917. The Labute approximate surface area is 115 Å². The van der Waals surface area contributed by atoms with Gasteiger partial charge >= 0.3 is 0 Å². The van der Waals surface area contributed by atoms with E-state index in [1.807, 2.05) is 27.7 Å². The standard InChI is InChI=1S/C14H24N4O/c1-6-7-8-15-13-16-10(2)9-11(17-13)12(19)18-14(3,4)5/h9H,6-8H2,1-5H3,(H,18,19)(H,15,16,17). The molecule has 1 aromatic heterocycles. The Balaban J connectivity index is 2.81. The van der Waals surface area contributed by atoms with Crippen LogP contribution in [-0.4, -0.2) is 28.0 Å². The van der Waals surface area contributed by atoms with Crippen molar-refractivity contribution < 1.29 is 4.79 Å². The molecule has 19 heavy (non-hydrogen) atoms. The molecule has 0 fully saturated rings. The van der Waals surface area contributed by atoms with Gasteiger partial charge in [0.05, 0.1) is 0 Å². The second-order valence-electron chi connectivity index (χ2n) is 5.70. The van der Waals surface area contributed by atoms with Gasteiger partial charge in [0.15, 0.2) is 0 Å². The van der Waals surface area contributed by atoms with Crippen molar-refractivity contribution in [2.45, 2.75) is 53.0 Å². The number of amides is 1. The number of carbonyl (C=O) groups excluding carboxylic acids is 1. The number of aromatic nitrogens is 2. The monoisotopic (exact) mass is 264 g/mol. The van der Waals surface area contributed by atoms with Gasteiger partial charge in [-0.2, -0.15) is 0 Å². The number of carbonyl (C=O) groups is 1. The zero-order valence-corrected chi connectivity index (χ0v) is 12.5. The molecular weight excluding hydrogens is 240 g/mol. The molecule has 106 valence electrons. The fourth-order valence-corrected chi connectivity index (χ4v) is 1.55. The van der Waals surface area contributed by atoms with Gasteiger partial charge in [-0.25, -0.2) is 9.97 Å². The number of nitrogens with one attached hydrogen (secondary N) is 2. The number of aryl methyl sites for hydroxylation is 1. The van der Waals surface area contributed by atoms with Crippen LogP contribution < -0.4 is 10.6 Å². The first-order valence-corrected chi connectivity index (χ1v) is 6.74. The smallest absolute Gasteiger partial charge is 0.270 e. The summed E-state index contributed by atoms with van der Waals surface area (Å²) in [4.78, 5) is 20.6. The zero-order valence-electron chi connectivity index (χ0n) is 12.5. The first-order chi connectivity index (χ1) is 8.81. The van der Waals surface area contributed by atoms with Crippen molar-refractivity contribution in [1.29, 1.82) is 0 Å². The molecule has 0 aliphatic carbocycles. The zero-order chi connectivity index (χ0) is 14.5. The molecule has 2 N–H and O–H groups in total. The van der Waals surface area contributed by atoms with Gasteiger partial charge in [-0.1, -0.05) is 13.3 Å². The van der Waals surface area contributed by atoms with Crippen LogP contribution in [0.1, 0.15) is 56.7 Å². The lowest BCUT2D eigenvalue weighted by Crippen LogP contribution is -2.41. The van der Waals surface area contributed by atoms with Crippen LogP contribution in [0.2, 0.25) is 0 Å². The molecule has 1 heterocycles. The SMILES string of the molecule is CCCCNc1nc(C)cc(C(=O)NC(C)(C)C)n1. The van der Waals surface area contributed by atoms with Crippen LogP contribution in [0.3, 0.4) is 0 Å². The van der Waals surface area contributed by atoms with Crippen LogP contribution in [0.5, 0.6) is 0 Å². The van der Waals surface area contributed by atoms with Crippen LogP contribution in [-0.2, 0) is 0 Å². The summed E-state index contributed by atoms with van der Waals surface area (Å²) in [6.45, 7) is 10.6. The summed E-state index contributed by atoms with van der Waals surface area (Å²) >= 11 is 0. The first kappa shape index (κ1) is 15.4. The van der Waals surface area contributed by atoms with Crippen molar-refractivity contribution >= 4 is 11.9 Å². The highest BCUT2D eigenvalue weighted by atomic mass is 16.2. The van der Waals surface area contributed by atoms with E-state index in [0.29, 0.717) is 11.6 Å². The van der Waals surface area contributed by atoms with Crippen molar-refractivity contribution in [3.8, 4) is 0 Å². The molecule has 0 radical (unpaired) electrons. The van der Waals surface area contributed by atoms with E-state index in [4.69, 9.17) is 0 Å². The Morgan fingerprint density at radius 1 is 1.32 bits per heavy atom. The van der Waals surface area contributed by atoms with E-state index in [2.05, 4.69) is 27.5 Å². The number of hydrogen-bond donors (Lipinski definition) is 2. The molecule has 1 aromatic rings. The number of unbranched alkanes of at least 4 members (excludes halogenated alkanes) is 1. The lowest BCUT2D eigenvalue weighted by atomic mass is 10.1. The molecule has 0 saturated carbocycles. The largest absolute Gasteiger partial charge is 0.354 e. The van der Waals surface area contributed by atoms with Gasteiger partial charge in [-0.05, 0) is 40.2 Å². The molecule has 0 unspecified atom stereocenters. The quantitative estimate of drug-likeness (QED) is 0.802. The highest BCUT2D eigenvalue weighted by molar-refractivity contribution is 5.93. The van der Waals surface area contributed by atoms with Crippen LogP contribution >= 0.6 is 0 Å². The molecule has 5 nitrogen and oxygen atoms in total. The van der Waals surface area contributed by atoms with Crippen molar-refractivity contribution in [1.82, 2.24) is 15.3 Å². The molecule has 1 rings (SSSR count). The van der Waals surface area contributed by atoms with Gasteiger partial charge in [0.25, 0.3) is 5.91 Å². The van der Waals surface area contributed by atoms with Crippen LogP contribution in [0, 0.1) is 6.92 Å². The molecule has 0 aromatic carbocycles. The van der Waals surface area contributed by atoms with Gasteiger partial charge in [-0.15, -0.1) is 0 Å². The molecule has 0 aliphatic heterocycles. The average molecular weight is 264 g/mol. The maximum atomic E-state index is 12.1. The van der Waals surface area contributed by atoms with Crippen LogP contribution in [0.4, 0.5) is 5.95 Å². The van der Waals surface area contributed by atoms with E-state index < -0.39 is 0 Å². The molecule has 0 atom stereocenters. The van der Waals surface area contributed by atoms with Crippen molar-refractivity contribution in [2.24, 2.45) is 0 Å². The predicted octanol–water partition coefficient (Wildman–Crippen LogP) is 2.53. The Morgan fingerprint density at radius 3 is 2.58 bits per heavy atom. The summed E-state index contributed by atoms with van der Waals surface area (Å²) in [6.07, 6.45) is 2.16. The molecule has 5 heteroatoms. The van der Waals surface area contributed by atoms with Gasteiger partial charge in [-0.3, -0.25) is 4.79 Å². The van der Waals surface area contributed by atoms with Gasteiger partial charge in [0.1, 0.15) is 5.69 Å². The molecule has 0 bridgehead atoms. The van der Waals surface area contributed by atoms with Crippen LogP contribution in [0.15, 0.2) is 6.07 Å². The summed E-state index contributed by atoms with van der Waals surface area (Å²) in [7, 11) is 0. The molecule has 1 amide bonds. The number of nitrogens with zero attached hydrogens (tertiary/aromatic N) is 2. The van der Waals surface area contributed by atoms with Crippen molar-refractivity contribution in [2.75, 3.05) is 11.9 Å². The van der Waals surface area contributed by atoms with Crippen molar-refractivity contribution in [3.63, 3.8) is 0 Å². The minimum atomic E-state index is -0.272. The van der Waals surface area contributed by atoms with E-state index in [1.54, 1.807) is 6.07 Å². The maximum Gasteiger partial charge on any atom is 0.270 e. The Kier molecular flexibility index (Phi) is 5.27. The Morgan fingerprint density at radius 2 is 2.00 bits per heavy atom. The van der Waals surface area contributed by atoms with Crippen LogP contribution in [0.25, 0.3) is 0 Å². The summed E-state index contributed by atoms with van der Waals surface area (Å²) in [6, 6.07) is 1.70. The Hall–Kier alpha value is -1.65.